The van der Waals surface area contributed by atoms with Crippen molar-refractivity contribution in [3.63, 3.8) is 0 Å². The van der Waals surface area contributed by atoms with E-state index in [0.717, 1.165) is 11.3 Å². The number of hydrazone groups is 1. The van der Waals surface area contributed by atoms with Crippen LogP contribution in [0.4, 0.5) is 5.69 Å². The molecule has 0 aliphatic heterocycles. The topological polar surface area (TPSA) is 54.9 Å². The summed E-state index contributed by atoms with van der Waals surface area (Å²) in [6, 6.07) is 13.7. The van der Waals surface area contributed by atoms with Gasteiger partial charge in [-0.1, -0.05) is 26.0 Å². The zero-order valence-electron chi connectivity index (χ0n) is 14.9. The molecule has 6 heteroatoms. The maximum Gasteiger partial charge on any atom is 0.191 e. The van der Waals surface area contributed by atoms with Crippen molar-refractivity contribution in [2.45, 2.75) is 19.8 Å². The van der Waals surface area contributed by atoms with Crippen LogP contribution in [0.5, 0.6) is 11.5 Å². The maximum atomic E-state index is 5.26. The number of ether oxygens (including phenoxy) is 2. The van der Waals surface area contributed by atoms with Gasteiger partial charge in [0.05, 0.1) is 20.4 Å². The highest BCUT2D eigenvalue weighted by Crippen LogP contribution is 2.26. The third kappa shape index (κ3) is 5.46. The summed E-state index contributed by atoms with van der Waals surface area (Å²) < 4.78 is 10.5. The molecular formula is C19H23N3O2S. The zero-order valence-corrected chi connectivity index (χ0v) is 15.7. The van der Waals surface area contributed by atoms with Crippen molar-refractivity contribution >= 4 is 29.2 Å². The van der Waals surface area contributed by atoms with Gasteiger partial charge in [0.25, 0.3) is 0 Å². The molecule has 0 fully saturated rings. The molecule has 0 aromatic heterocycles. The molecule has 0 bridgehead atoms. The van der Waals surface area contributed by atoms with E-state index in [-0.39, 0.29) is 0 Å². The highest BCUT2D eigenvalue weighted by atomic mass is 32.1. The van der Waals surface area contributed by atoms with Crippen molar-refractivity contribution in [1.82, 2.24) is 5.43 Å². The number of anilines is 1. The van der Waals surface area contributed by atoms with Crippen molar-refractivity contribution < 1.29 is 9.47 Å². The summed E-state index contributed by atoms with van der Waals surface area (Å²) in [6.07, 6.45) is 1.66. The molecule has 0 aliphatic carbocycles. The van der Waals surface area contributed by atoms with Crippen LogP contribution in [-0.4, -0.2) is 25.5 Å². The zero-order chi connectivity index (χ0) is 18.2. The first-order valence-electron chi connectivity index (χ1n) is 7.95. The fourth-order valence-electron chi connectivity index (χ4n) is 2.21. The van der Waals surface area contributed by atoms with Crippen molar-refractivity contribution in [3.05, 3.63) is 53.6 Å². The molecule has 0 unspecified atom stereocenters. The molecular weight excluding hydrogens is 334 g/mol. The lowest BCUT2D eigenvalue weighted by Crippen LogP contribution is -2.23. The van der Waals surface area contributed by atoms with Crippen LogP contribution in [0, 0.1) is 0 Å². The van der Waals surface area contributed by atoms with Gasteiger partial charge in [0.1, 0.15) is 0 Å². The van der Waals surface area contributed by atoms with Crippen LogP contribution in [0.3, 0.4) is 0 Å². The van der Waals surface area contributed by atoms with Crippen LogP contribution in [0.15, 0.2) is 47.6 Å². The molecule has 132 valence electrons. The molecule has 2 rings (SSSR count). The van der Waals surface area contributed by atoms with Gasteiger partial charge in [-0.2, -0.15) is 5.10 Å². The molecule has 0 aliphatic rings. The molecule has 0 atom stereocenters. The average Bonchev–Trinajstić information content (AvgIpc) is 2.62. The molecule has 0 saturated heterocycles. The van der Waals surface area contributed by atoms with E-state index >= 15 is 0 Å². The lowest BCUT2D eigenvalue weighted by Gasteiger charge is -2.10. The normalized spacial score (nSPS) is 10.8. The second-order valence-electron chi connectivity index (χ2n) is 5.72. The van der Waals surface area contributed by atoms with E-state index in [1.54, 1.807) is 20.4 Å². The van der Waals surface area contributed by atoms with Gasteiger partial charge in [-0.3, -0.25) is 5.43 Å². The van der Waals surface area contributed by atoms with Crippen LogP contribution < -0.4 is 20.2 Å². The van der Waals surface area contributed by atoms with Gasteiger partial charge in [0.15, 0.2) is 16.6 Å². The van der Waals surface area contributed by atoms with Crippen molar-refractivity contribution in [1.29, 1.82) is 0 Å². The van der Waals surface area contributed by atoms with E-state index < -0.39 is 0 Å². The number of rotatable bonds is 6. The van der Waals surface area contributed by atoms with Crippen molar-refractivity contribution in [3.8, 4) is 11.5 Å². The first kappa shape index (κ1) is 18.7. The van der Waals surface area contributed by atoms with Crippen LogP contribution in [0.1, 0.15) is 30.9 Å². The fourth-order valence-corrected chi connectivity index (χ4v) is 2.38. The summed E-state index contributed by atoms with van der Waals surface area (Å²) >= 11 is 5.24. The van der Waals surface area contributed by atoms with Crippen molar-refractivity contribution in [2.75, 3.05) is 19.5 Å². The maximum absolute atomic E-state index is 5.26. The van der Waals surface area contributed by atoms with E-state index in [0.29, 0.717) is 22.5 Å². The summed E-state index contributed by atoms with van der Waals surface area (Å²) in [4.78, 5) is 0. The van der Waals surface area contributed by atoms with Gasteiger partial charge in [0, 0.05) is 5.69 Å². The monoisotopic (exact) mass is 357 g/mol. The molecule has 0 spiro atoms. The molecule has 0 saturated carbocycles. The van der Waals surface area contributed by atoms with E-state index in [9.17, 15) is 0 Å². The minimum absolute atomic E-state index is 0.425. The fraction of sp³-hybridized carbons (Fsp3) is 0.263. The van der Waals surface area contributed by atoms with Crippen LogP contribution in [0.25, 0.3) is 0 Å². The number of methoxy groups -OCH3 is 2. The Balaban J connectivity index is 1.92. The molecule has 0 heterocycles. The number of nitrogens with one attached hydrogen (secondary N) is 2. The summed E-state index contributed by atoms with van der Waals surface area (Å²) in [5.41, 5.74) is 5.88. The summed E-state index contributed by atoms with van der Waals surface area (Å²) in [5.74, 6) is 1.83. The van der Waals surface area contributed by atoms with Gasteiger partial charge >= 0.3 is 0 Å². The Hall–Kier alpha value is -2.60. The highest BCUT2D eigenvalue weighted by Gasteiger charge is 2.03. The van der Waals surface area contributed by atoms with Gasteiger partial charge in [-0.15, -0.1) is 0 Å². The minimum Gasteiger partial charge on any atom is -0.493 e. The Labute approximate surface area is 154 Å². The van der Waals surface area contributed by atoms with Crippen LogP contribution >= 0.6 is 12.2 Å². The quantitative estimate of drug-likeness (QED) is 0.462. The first-order chi connectivity index (χ1) is 12.0. The number of benzene rings is 2. The average molecular weight is 357 g/mol. The highest BCUT2D eigenvalue weighted by molar-refractivity contribution is 7.80. The summed E-state index contributed by atoms with van der Waals surface area (Å²) in [5, 5.41) is 7.66. The molecule has 0 radical (unpaired) electrons. The number of hydrogen-bond donors (Lipinski definition) is 2. The van der Waals surface area contributed by atoms with Crippen molar-refractivity contribution in [2.24, 2.45) is 5.10 Å². The van der Waals surface area contributed by atoms with Gasteiger partial charge in [-0.05, 0) is 59.6 Å². The Morgan fingerprint density at radius 3 is 2.32 bits per heavy atom. The molecule has 25 heavy (non-hydrogen) atoms. The predicted molar refractivity (Wildman–Crippen MR) is 107 cm³/mol. The molecule has 5 nitrogen and oxygen atoms in total. The van der Waals surface area contributed by atoms with Crippen LogP contribution in [0.2, 0.25) is 0 Å². The second-order valence-corrected chi connectivity index (χ2v) is 6.12. The minimum atomic E-state index is 0.425. The van der Waals surface area contributed by atoms with E-state index in [2.05, 4.69) is 41.8 Å². The Morgan fingerprint density at radius 2 is 1.72 bits per heavy atom. The van der Waals surface area contributed by atoms with Gasteiger partial charge in [-0.25, -0.2) is 0 Å². The largest absolute Gasteiger partial charge is 0.493 e. The first-order valence-corrected chi connectivity index (χ1v) is 8.36. The Bertz CT molecular complexity index is 743. The number of thiocarbonyl (C=S) groups is 1. The predicted octanol–water partition coefficient (Wildman–Crippen LogP) is 4.15. The lowest BCUT2D eigenvalue weighted by atomic mass is 10.0. The number of hydrogen-bond acceptors (Lipinski definition) is 4. The van der Waals surface area contributed by atoms with Crippen LogP contribution in [-0.2, 0) is 0 Å². The third-order valence-corrected chi connectivity index (χ3v) is 3.82. The summed E-state index contributed by atoms with van der Waals surface area (Å²) in [7, 11) is 3.20. The van der Waals surface area contributed by atoms with Gasteiger partial charge < -0.3 is 14.8 Å². The van der Waals surface area contributed by atoms with Gasteiger partial charge in [0.2, 0.25) is 0 Å². The molecule has 2 N–H and O–H groups in total. The standard InChI is InChI=1S/C19H23N3O2S/c1-13(2)15-6-8-16(9-7-15)21-19(25)22-20-12-14-5-10-17(23-3)18(11-14)24-4/h5-13H,1-4H3,(H2,21,22,25)/b20-12-. The lowest BCUT2D eigenvalue weighted by molar-refractivity contribution is 0.355. The third-order valence-electron chi connectivity index (χ3n) is 3.62. The SMILES string of the molecule is COc1ccc(/C=N\NC(=S)Nc2ccc(C(C)C)cc2)cc1OC. The molecule has 0 amide bonds. The second kappa shape index (κ2) is 9.03. The van der Waals surface area contributed by atoms with E-state index in [4.69, 9.17) is 21.7 Å². The molecule has 2 aromatic rings. The van der Waals surface area contributed by atoms with E-state index in [1.165, 1.54) is 5.56 Å². The Kier molecular flexibility index (Phi) is 6.77. The Morgan fingerprint density at radius 1 is 1.04 bits per heavy atom. The smallest absolute Gasteiger partial charge is 0.191 e. The summed E-state index contributed by atoms with van der Waals surface area (Å²) in [6.45, 7) is 4.33. The molecule has 2 aromatic carbocycles. The number of nitrogens with zero attached hydrogens (tertiary/aromatic N) is 1. The van der Waals surface area contributed by atoms with E-state index in [1.807, 2.05) is 30.3 Å².